The molecular weight excluding hydrogens is 366 g/mol. The van der Waals surface area contributed by atoms with Gasteiger partial charge in [-0.1, -0.05) is 35.4 Å². The van der Waals surface area contributed by atoms with Crippen LogP contribution in [-0.4, -0.2) is 23.8 Å². The van der Waals surface area contributed by atoms with Crippen LogP contribution >= 0.6 is 11.6 Å². The van der Waals surface area contributed by atoms with Crippen molar-refractivity contribution < 1.29 is 19.1 Å². The van der Waals surface area contributed by atoms with Gasteiger partial charge in [-0.3, -0.25) is 14.4 Å². The van der Waals surface area contributed by atoms with Gasteiger partial charge in [0.2, 0.25) is 0 Å². The second kappa shape index (κ2) is 9.33. The molecule has 1 amide bonds. The Morgan fingerprint density at radius 2 is 1.81 bits per heavy atom. The van der Waals surface area contributed by atoms with Gasteiger partial charge in [0.25, 0.3) is 5.91 Å². The SMILES string of the molecule is Cc1ccc(C)c(C(=O)CCC(=O)O[C@H](C)C(=O)Nc2cccc(Cl)c2)c1. The fourth-order valence-electron chi connectivity index (χ4n) is 2.51. The van der Waals surface area contributed by atoms with Crippen molar-refractivity contribution in [1.82, 2.24) is 0 Å². The van der Waals surface area contributed by atoms with E-state index in [0.717, 1.165) is 11.1 Å². The van der Waals surface area contributed by atoms with E-state index in [1.807, 2.05) is 32.0 Å². The number of nitrogens with one attached hydrogen (secondary N) is 1. The summed E-state index contributed by atoms with van der Waals surface area (Å²) in [4.78, 5) is 36.4. The highest BCUT2D eigenvalue weighted by Crippen LogP contribution is 2.16. The van der Waals surface area contributed by atoms with E-state index in [2.05, 4.69) is 5.32 Å². The lowest BCUT2D eigenvalue weighted by Crippen LogP contribution is -2.30. The van der Waals surface area contributed by atoms with Crippen molar-refractivity contribution in [1.29, 1.82) is 0 Å². The highest BCUT2D eigenvalue weighted by Gasteiger charge is 2.19. The molecule has 0 aliphatic carbocycles. The summed E-state index contributed by atoms with van der Waals surface area (Å²) in [5.41, 5.74) is 2.97. The second-order valence-electron chi connectivity index (χ2n) is 6.37. The van der Waals surface area contributed by atoms with Crippen molar-refractivity contribution in [3.05, 3.63) is 64.2 Å². The van der Waals surface area contributed by atoms with Crippen LogP contribution in [0, 0.1) is 13.8 Å². The van der Waals surface area contributed by atoms with Crippen LogP contribution in [0.4, 0.5) is 5.69 Å². The quantitative estimate of drug-likeness (QED) is 0.561. The number of aryl methyl sites for hydroxylation is 2. The monoisotopic (exact) mass is 387 g/mol. The summed E-state index contributed by atoms with van der Waals surface area (Å²) in [5, 5.41) is 3.11. The number of ketones is 1. The van der Waals surface area contributed by atoms with Gasteiger partial charge in [-0.05, 0) is 50.6 Å². The number of carbonyl (C=O) groups excluding carboxylic acids is 3. The number of hydrogen-bond donors (Lipinski definition) is 1. The molecule has 5 nitrogen and oxygen atoms in total. The number of amides is 1. The average Bonchev–Trinajstić information content (AvgIpc) is 2.61. The van der Waals surface area contributed by atoms with Gasteiger partial charge < -0.3 is 10.1 Å². The highest BCUT2D eigenvalue weighted by molar-refractivity contribution is 6.30. The minimum absolute atomic E-state index is 0.0335. The normalized spacial score (nSPS) is 11.6. The molecule has 6 heteroatoms. The summed E-state index contributed by atoms with van der Waals surface area (Å²) in [6.45, 7) is 5.24. The number of Topliss-reactive ketones (excluding diaryl/α,β-unsaturated/α-hetero) is 1. The van der Waals surface area contributed by atoms with Gasteiger partial charge in [-0.25, -0.2) is 0 Å². The number of hydrogen-bond acceptors (Lipinski definition) is 4. The van der Waals surface area contributed by atoms with Crippen molar-refractivity contribution in [2.75, 3.05) is 5.32 Å². The molecule has 0 aromatic heterocycles. The molecule has 142 valence electrons. The van der Waals surface area contributed by atoms with Crippen molar-refractivity contribution in [3.8, 4) is 0 Å². The molecule has 0 unspecified atom stereocenters. The van der Waals surface area contributed by atoms with Crippen LogP contribution in [-0.2, 0) is 14.3 Å². The second-order valence-corrected chi connectivity index (χ2v) is 6.81. The largest absolute Gasteiger partial charge is 0.453 e. The van der Waals surface area contributed by atoms with Crippen LogP contribution in [0.1, 0.15) is 41.3 Å². The van der Waals surface area contributed by atoms with E-state index in [1.165, 1.54) is 6.92 Å². The highest BCUT2D eigenvalue weighted by atomic mass is 35.5. The molecule has 2 aromatic carbocycles. The molecule has 2 aromatic rings. The lowest BCUT2D eigenvalue weighted by molar-refractivity contribution is -0.153. The number of halogens is 1. The zero-order chi connectivity index (χ0) is 20.0. The van der Waals surface area contributed by atoms with Crippen molar-refractivity contribution in [3.63, 3.8) is 0 Å². The zero-order valence-electron chi connectivity index (χ0n) is 15.5. The van der Waals surface area contributed by atoms with Gasteiger partial charge in [0, 0.05) is 22.7 Å². The van der Waals surface area contributed by atoms with E-state index >= 15 is 0 Å². The predicted octanol–water partition coefficient (Wildman–Crippen LogP) is 4.49. The summed E-state index contributed by atoms with van der Waals surface area (Å²) >= 11 is 5.87. The van der Waals surface area contributed by atoms with Crippen LogP contribution in [0.2, 0.25) is 5.02 Å². The van der Waals surface area contributed by atoms with E-state index in [4.69, 9.17) is 16.3 Å². The third-order valence-electron chi connectivity index (χ3n) is 4.02. The zero-order valence-corrected chi connectivity index (χ0v) is 16.3. The molecule has 27 heavy (non-hydrogen) atoms. The van der Waals surface area contributed by atoms with E-state index in [-0.39, 0.29) is 18.6 Å². The van der Waals surface area contributed by atoms with E-state index in [0.29, 0.717) is 16.3 Å². The number of esters is 1. The summed E-state index contributed by atoms with van der Waals surface area (Å²) in [7, 11) is 0. The standard InChI is InChI=1S/C21H22ClNO4/c1-13-7-8-14(2)18(11-13)19(24)9-10-20(25)27-15(3)21(26)23-17-6-4-5-16(22)12-17/h4-8,11-12,15H,9-10H2,1-3H3,(H,23,26)/t15-/m1/s1. The van der Waals surface area contributed by atoms with Crippen LogP contribution in [0.15, 0.2) is 42.5 Å². The Bertz CT molecular complexity index is 863. The molecule has 0 bridgehead atoms. The van der Waals surface area contributed by atoms with Gasteiger partial charge in [0.1, 0.15) is 0 Å². The van der Waals surface area contributed by atoms with Gasteiger partial charge in [-0.2, -0.15) is 0 Å². The maximum absolute atomic E-state index is 12.3. The first kappa shape index (κ1) is 20.6. The number of carbonyl (C=O) groups is 3. The molecule has 1 N–H and O–H groups in total. The summed E-state index contributed by atoms with van der Waals surface area (Å²) in [6, 6.07) is 12.3. The smallest absolute Gasteiger partial charge is 0.307 e. The lowest BCUT2D eigenvalue weighted by Gasteiger charge is -2.13. The third kappa shape index (κ3) is 6.22. The van der Waals surface area contributed by atoms with Crippen molar-refractivity contribution in [2.45, 2.75) is 39.7 Å². The Morgan fingerprint density at radius 1 is 1.07 bits per heavy atom. The molecule has 2 rings (SSSR count). The molecule has 0 saturated heterocycles. The van der Waals surface area contributed by atoms with Gasteiger partial charge in [0.15, 0.2) is 11.9 Å². The first-order chi connectivity index (χ1) is 12.8. The summed E-state index contributed by atoms with van der Waals surface area (Å²) < 4.78 is 5.12. The molecule has 0 fully saturated rings. The average molecular weight is 388 g/mol. The van der Waals surface area contributed by atoms with Gasteiger partial charge in [0.05, 0.1) is 6.42 Å². The van der Waals surface area contributed by atoms with E-state index in [9.17, 15) is 14.4 Å². The summed E-state index contributed by atoms with van der Waals surface area (Å²) in [6.07, 6.45) is -1.03. The van der Waals surface area contributed by atoms with Crippen LogP contribution in [0.5, 0.6) is 0 Å². The van der Waals surface area contributed by atoms with Crippen molar-refractivity contribution >= 4 is 34.9 Å². The molecule has 1 atom stereocenters. The summed E-state index contributed by atoms with van der Waals surface area (Å²) in [5.74, 6) is -1.18. The Balaban J connectivity index is 1.84. The number of anilines is 1. The van der Waals surface area contributed by atoms with Gasteiger partial charge >= 0.3 is 5.97 Å². The first-order valence-corrected chi connectivity index (χ1v) is 9.00. The number of ether oxygens (including phenoxy) is 1. The third-order valence-corrected chi connectivity index (χ3v) is 4.25. The molecular formula is C21H22ClNO4. The first-order valence-electron chi connectivity index (χ1n) is 8.62. The topological polar surface area (TPSA) is 72.5 Å². The molecule has 0 saturated carbocycles. The van der Waals surface area contributed by atoms with Gasteiger partial charge in [-0.15, -0.1) is 0 Å². The molecule has 0 spiro atoms. The van der Waals surface area contributed by atoms with Crippen LogP contribution < -0.4 is 5.32 Å². The Labute approximate surface area is 163 Å². The minimum Gasteiger partial charge on any atom is -0.453 e. The molecule has 0 aliphatic heterocycles. The van der Waals surface area contributed by atoms with E-state index in [1.54, 1.807) is 24.3 Å². The maximum atomic E-state index is 12.3. The molecule has 0 radical (unpaired) electrons. The maximum Gasteiger partial charge on any atom is 0.307 e. The van der Waals surface area contributed by atoms with Crippen LogP contribution in [0.3, 0.4) is 0 Å². The fourth-order valence-corrected chi connectivity index (χ4v) is 2.70. The van der Waals surface area contributed by atoms with Crippen LogP contribution in [0.25, 0.3) is 0 Å². The lowest BCUT2D eigenvalue weighted by atomic mass is 9.99. The predicted molar refractivity (Wildman–Crippen MR) is 105 cm³/mol. The minimum atomic E-state index is -0.979. The molecule has 0 aliphatic rings. The molecule has 0 heterocycles. The fraction of sp³-hybridized carbons (Fsp3) is 0.286. The number of rotatable bonds is 7. The van der Waals surface area contributed by atoms with E-state index < -0.39 is 18.0 Å². The number of benzene rings is 2. The Hall–Kier alpha value is -2.66. The Morgan fingerprint density at radius 3 is 2.52 bits per heavy atom. The Kier molecular flexibility index (Phi) is 7.13. The van der Waals surface area contributed by atoms with Crippen molar-refractivity contribution in [2.24, 2.45) is 0 Å².